The maximum Gasteiger partial charge on any atom is 0.138 e. The second kappa shape index (κ2) is 6.61. The van der Waals surface area contributed by atoms with Crippen LogP contribution < -0.4 is 5.73 Å². The number of aromatic nitrogens is 3. The molecule has 2 rings (SSSR count). The van der Waals surface area contributed by atoms with Crippen molar-refractivity contribution in [3.05, 3.63) is 47.8 Å². The molecule has 5 heteroatoms. The Balaban J connectivity index is 2.07. The molecule has 4 nitrogen and oxygen atoms in total. The average molecular weight is 276 g/mol. The Bertz CT molecular complexity index is 550. The van der Waals surface area contributed by atoms with E-state index in [0.717, 1.165) is 24.2 Å². The SMILES string of the molecule is CC(C)n1ncnc1CC(CN)Cc1cccc(F)c1. The molecule has 0 radical (unpaired) electrons. The minimum atomic E-state index is -0.205. The highest BCUT2D eigenvalue weighted by molar-refractivity contribution is 5.17. The molecule has 0 spiro atoms. The fourth-order valence-electron chi connectivity index (χ4n) is 2.35. The Hall–Kier alpha value is -1.75. The van der Waals surface area contributed by atoms with Crippen molar-refractivity contribution in [3.8, 4) is 0 Å². The summed E-state index contributed by atoms with van der Waals surface area (Å²) in [6, 6.07) is 6.96. The molecule has 0 aliphatic heterocycles. The average Bonchev–Trinajstić information content (AvgIpc) is 2.86. The number of hydrogen-bond donors (Lipinski definition) is 1. The standard InChI is InChI=1S/C15H21FN4/c1-11(2)20-15(18-10-19-20)8-13(9-17)6-12-4-3-5-14(16)7-12/h3-5,7,10-11,13H,6,8-9,17H2,1-2H3. The van der Waals surface area contributed by atoms with E-state index >= 15 is 0 Å². The lowest BCUT2D eigenvalue weighted by atomic mass is 9.96. The Morgan fingerprint density at radius 1 is 1.30 bits per heavy atom. The molecule has 0 bridgehead atoms. The van der Waals surface area contributed by atoms with Gasteiger partial charge in [0.15, 0.2) is 0 Å². The molecule has 2 aromatic rings. The molecule has 0 fully saturated rings. The van der Waals surface area contributed by atoms with E-state index in [1.165, 1.54) is 6.07 Å². The summed E-state index contributed by atoms with van der Waals surface area (Å²) in [6.45, 7) is 4.69. The zero-order valence-corrected chi connectivity index (χ0v) is 12.0. The summed E-state index contributed by atoms with van der Waals surface area (Å²) in [5.41, 5.74) is 6.82. The van der Waals surface area contributed by atoms with Crippen molar-refractivity contribution in [3.63, 3.8) is 0 Å². The smallest absolute Gasteiger partial charge is 0.138 e. The van der Waals surface area contributed by atoms with Gasteiger partial charge in [-0.3, -0.25) is 0 Å². The van der Waals surface area contributed by atoms with Crippen LogP contribution in [0.5, 0.6) is 0 Å². The monoisotopic (exact) mass is 276 g/mol. The maximum atomic E-state index is 13.2. The summed E-state index contributed by atoms with van der Waals surface area (Å²) in [5.74, 6) is 0.967. The van der Waals surface area contributed by atoms with Gasteiger partial charge in [0.25, 0.3) is 0 Å². The Labute approximate surface area is 118 Å². The van der Waals surface area contributed by atoms with Gasteiger partial charge < -0.3 is 5.73 Å². The summed E-state index contributed by atoms with van der Waals surface area (Å²) in [4.78, 5) is 4.31. The van der Waals surface area contributed by atoms with E-state index in [2.05, 4.69) is 23.9 Å². The second-order valence-electron chi connectivity index (χ2n) is 5.35. The van der Waals surface area contributed by atoms with E-state index in [0.29, 0.717) is 6.54 Å². The molecule has 1 heterocycles. The highest BCUT2D eigenvalue weighted by atomic mass is 19.1. The van der Waals surface area contributed by atoms with Gasteiger partial charge >= 0.3 is 0 Å². The number of rotatable bonds is 6. The normalized spacial score (nSPS) is 12.8. The van der Waals surface area contributed by atoms with E-state index in [1.807, 2.05) is 10.7 Å². The van der Waals surface area contributed by atoms with Crippen LogP contribution in [0.25, 0.3) is 0 Å². The molecule has 1 unspecified atom stereocenters. The molecule has 0 aliphatic rings. The summed E-state index contributed by atoms with van der Waals surface area (Å²) in [6.07, 6.45) is 3.08. The van der Waals surface area contributed by atoms with Crippen molar-refractivity contribution in [2.24, 2.45) is 11.7 Å². The molecule has 20 heavy (non-hydrogen) atoms. The third-order valence-corrected chi connectivity index (χ3v) is 3.35. The van der Waals surface area contributed by atoms with E-state index in [1.54, 1.807) is 18.5 Å². The fraction of sp³-hybridized carbons (Fsp3) is 0.467. The van der Waals surface area contributed by atoms with Gasteiger partial charge in [-0.2, -0.15) is 5.10 Å². The van der Waals surface area contributed by atoms with Crippen molar-refractivity contribution in [1.82, 2.24) is 14.8 Å². The molecular weight excluding hydrogens is 255 g/mol. The third kappa shape index (κ3) is 3.63. The van der Waals surface area contributed by atoms with Crippen LogP contribution >= 0.6 is 0 Å². The van der Waals surface area contributed by atoms with Gasteiger partial charge in [0.2, 0.25) is 0 Å². The first-order chi connectivity index (χ1) is 9.60. The predicted octanol–water partition coefficient (Wildman–Crippen LogP) is 2.36. The maximum absolute atomic E-state index is 13.2. The highest BCUT2D eigenvalue weighted by Crippen LogP contribution is 2.15. The lowest BCUT2D eigenvalue weighted by molar-refractivity contribution is 0.456. The second-order valence-corrected chi connectivity index (χ2v) is 5.35. The van der Waals surface area contributed by atoms with Gasteiger partial charge in [-0.15, -0.1) is 0 Å². The predicted molar refractivity (Wildman–Crippen MR) is 76.8 cm³/mol. The van der Waals surface area contributed by atoms with Crippen LogP contribution in [0.1, 0.15) is 31.3 Å². The van der Waals surface area contributed by atoms with E-state index in [4.69, 9.17) is 5.73 Å². The van der Waals surface area contributed by atoms with Gasteiger partial charge in [-0.1, -0.05) is 12.1 Å². The molecule has 2 N–H and O–H groups in total. The number of halogens is 1. The summed E-state index contributed by atoms with van der Waals surface area (Å²) < 4.78 is 15.1. The quantitative estimate of drug-likeness (QED) is 0.881. The molecule has 108 valence electrons. The molecule has 0 saturated heterocycles. The van der Waals surface area contributed by atoms with Crippen LogP contribution in [0.3, 0.4) is 0 Å². The van der Waals surface area contributed by atoms with Crippen LogP contribution in [0.4, 0.5) is 4.39 Å². The zero-order chi connectivity index (χ0) is 14.5. The molecule has 0 saturated carbocycles. The fourth-order valence-corrected chi connectivity index (χ4v) is 2.35. The number of benzene rings is 1. The van der Waals surface area contributed by atoms with Crippen LogP contribution in [0.15, 0.2) is 30.6 Å². The lowest BCUT2D eigenvalue weighted by Gasteiger charge is -2.16. The van der Waals surface area contributed by atoms with Crippen molar-refractivity contribution in [2.45, 2.75) is 32.7 Å². The van der Waals surface area contributed by atoms with E-state index < -0.39 is 0 Å². The number of nitrogens with zero attached hydrogens (tertiary/aromatic N) is 3. The van der Waals surface area contributed by atoms with Gasteiger partial charge in [-0.25, -0.2) is 14.1 Å². The van der Waals surface area contributed by atoms with Crippen molar-refractivity contribution in [1.29, 1.82) is 0 Å². The first-order valence-electron chi connectivity index (χ1n) is 6.93. The number of nitrogens with two attached hydrogens (primary N) is 1. The Morgan fingerprint density at radius 3 is 2.75 bits per heavy atom. The van der Waals surface area contributed by atoms with Gasteiger partial charge in [0.05, 0.1) is 0 Å². The molecule has 1 aromatic heterocycles. The summed E-state index contributed by atoms with van der Waals surface area (Å²) in [5, 5.41) is 4.23. The van der Waals surface area contributed by atoms with Crippen molar-refractivity contribution < 1.29 is 4.39 Å². The van der Waals surface area contributed by atoms with Gasteiger partial charge in [0, 0.05) is 12.5 Å². The van der Waals surface area contributed by atoms with Crippen LogP contribution in [-0.2, 0) is 12.8 Å². The minimum absolute atomic E-state index is 0.205. The van der Waals surface area contributed by atoms with Crippen molar-refractivity contribution in [2.75, 3.05) is 6.54 Å². The molecule has 0 amide bonds. The lowest BCUT2D eigenvalue weighted by Crippen LogP contribution is -2.22. The van der Waals surface area contributed by atoms with E-state index in [-0.39, 0.29) is 17.8 Å². The third-order valence-electron chi connectivity index (χ3n) is 3.35. The highest BCUT2D eigenvalue weighted by Gasteiger charge is 2.15. The zero-order valence-electron chi connectivity index (χ0n) is 12.0. The first-order valence-corrected chi connectivity index (χ1v) is 6.93. The van der Waals surface area contributed by atoms with Crippen LogP contribution in [0, 0.1) is 11.7 Å². The summed E-state index contributed by atoms with van der Waals surface area (Å²) in [7, 11) is 0. The van der Waals surface area contributed by atoms with Gasteiger partial charge in [-0.05, 0) is 50.4 Å². The molecule has 1 atom stereocenters. The summed E-state index contributed by atoms with van der Waals surface area (Å²) >= 11 is 0. The Kier molecular flexibility index (Phi) is 4.84. The van der Waals surface area contributed by atoms with Gasteiger partial charge in [0.1, 0.15) is 18.0 Å². The molecule has 1 aromatic carbocycles. The van der Waals surface area contributed by atoms with Crippen molar-refractivity contribution >= 4 is 0 Å². The Morgan fingerprint density at radius 2 is 2.10 bits per heavy atom. The first kappa shape index (κ1) is 14.7. The molecule has 0 aliphatic carbocycles. The number of hydrogen-bond acceptors (Lipinski definition) is 3. The van der Waals surface area contributed by atoms with Crippen LogP contribution in [0.2, 0.25) is 0 Å². The minimum Gasteiger partial charge on any atom is -0.330 e. The molecular formula is C15H21FN4. The largest absolute Gasteiger partial charge is 0.330 e. The topological polar surface area (TPSA) is 56.7 Å². The van der Waals surface area contributed by atoms with E-state index in [9.17, 15) is 4.39 Å². The van der Waals surface area contributed by atoms with Crippen LogP contribution in [-0.4, -0.2) is 21.3 Å².